The van der Waals surface area contributed by atoms with Gasteiger partial charge in [-0.25, -0.2) is 0 Å². The van der Waals surface area contributed by atoms with Crippen LogP contribution in [0, 0.1) is 11.8 Å². The molecular weight excluding hydrogens is 296 g/mol. The van der Waals surface area contributed by atoms with Crippen LogP contribution in [0.2, 0.25) is 0 Å². The highest BCUT2D eigenvalue weighted by Gasteiger charge is 2.42. The summed E-state index contributed by atoms with van der Waals surface area (Å²) in [7, 11) is 0. The smallest absolute Gasteiger partial charge is 0.227 e. The summed E-state index contributed by atoms with van der Waals surface area (Å²) in [6, 6.07) is 6.93. The fourth-order valence-electron chi connectivity index (χ4n) is 4.53. The van der Waals surface area contributed by atoms with Gasteiger partial charge in [-0.1, -0.05) is 18.2 Å². The van der Waals surface area contributed by atoms with Crippen molar-refractivity contribution < 1.29 is 4.79 Å². The van der Waals surface area contributed by atoms with E-state index in [0.29, 0.717) is 24.3 Å². The molecule has 3 atom stereocenters. The van der Waals surface area contributed by atoms with Gasteiger partial charge in [0.15, 0.2) is 0 Å². The number of carbonyl (C=O) groups is 1. The molecule has 1 aromatic carbocycles. The lowest BCUT2D eigenvalue weighted by Gasteiger charge is -2.19. The van der Waals surface area contributed by atoms with Crippen LogP contribution in [0.1, 0.15) is 36.0 Å². The van der Waals surface area contributed by atoms with Crippen molar-refractivity contribution in [2.45, 2.75) is 44.6 Å². The molecule has 1 aromatic rings. The second-order valence-electron chi connectivity index (χ2n) is 7.10. The molecule has 1 amide bonds. The van der Waals surface area contributed by atoms with E-state index in [-0.39, 0.29) is 18.3 Å². The summed E-state index contributed by atoms with van der Waals surface area (Å²) in [5, 5.41) is 0. The number of hydrogen-bond acceptors (Lipinski definition) is 2. The first-order valence-electron chi connectivity index (χ1n) is 8.35. The molecule has 1 saturated heterocycles. The Bertz CT molecular complexity index is 574. The number of likely N-dealkylation sites (tertiary alicyclic amines) is 1. The second kappa shape index (κ2) is 6.21. The molecule has 3 nitrogen and oxygen atoms in total. The molecule has 1 heterocycles. The monoisotopic (exact) mass is 320 g/mol. The lowest BCUT2D eigenvalue weighted by atomic mass is 9.98. The van der Waals surface area contributed by atoms with Crippen molar-refractivity contribution >= 4 is 18.3 Å². The van der Waals surface area contributed by atoms with E-state index < -0.39 is 0 Å². The number of rotatable bonds is 2. The van der Waals surface area contributed by atoms with E-state index in [2.05, 4.69) is 23.1 Å². The molecule has 2 N–H and O–H groups in total. The Hall–Kier alpha value is -1.06. The number of aryl methyl sites for hydroxylation is 2. The lowest BCUT2D eigenvalue weighted by molar-refractivity contribution is -0.129. The summed E-state index contributed by atoms with van der Waals surface area (Å²) in [5.41, 5.74) is 10.3. The number of nitrogens with two attached hydrogens (primary N) is 1. The van der Waals surface area contributed by atoms with Crippen LogP contribution >= 0.6 is 12.4 Å². The zero-order valence-electron chi connectivity index (χ0n) is 13.0. The largest absolute Gasteiger partial charge is 0.342 e. The van der Waals surface area contributed by atoms with Crippen molar-refractivity contribution in [3.63, 3.8) is 0 Å². The lowest BCUT2D eigenvalue weighted by Crippen LogP contribution is -2.34. The average molecular weight is 321 g/mol. The number of fused-ring (bicyclic) bond motifs is 2. The van der Waals surface area contributed by atoms with Crippen molar-refractivity contribution in [3.8, 4) is 0 Å². The van der Waals surface area contributed by atoms with Gasteiger partial charge >= 0.3 is 0 Å². The van der Waals surface area contributed by atoms with Gasteiger partial charge in [0.05, 0.1) is 6.42 Å². The Kier molecular flexibility index (Phi) is 4.47. The van der Waals surface area contributed by atoms with Crippen molar-refractivity contribution in [3.05, 3.63) is 34.9 Å². The molecule has 0 bridgehead atoms. The highest BCUT2D eigenvalue weighted by molar-refractivity contribution is 5.85. The highest BCUT2D eigenvalue weighted by Crippen LogP contribution is 2.37. The van der Waals surface area contributed by atoms with Crippen LogP contribution in [0.25, 0.3) is 0 Å². The number of amides is 1. The second-order valence-corrected chi connectivity index (χ2v) is 7.10. The Labute approximate surface area is 138 Å². The van der Waals surface area contributed by atoms with E-state index in [4.69, 9.17) is 5.73 Å². The van der Waals surface area contributed by atoms with E-state index >= 15 is 0 Å². The number of hydrogen-bond donors (Lipinski definition) is 1. The number of carbonyl (C=O) groups excluding carboxylic acids is 1. The molecule has 0 spiro atoms. The molecular formula is C18H25ClN2O. The zero-order chi connectivity index (χ0) is 14.4. The minimum absolute atomic E-state index is 0. The molecule has 4 heteroatoms. The Morgan fingerprint density at radius 3 is 2.82 bits per heavy atom. The van der Waals surface area contributed by atoms with Gasteiger partial charge in [0.25, 0.3) is 0 Å². The first kappa shape index (κ1) is 15.8. The molecule has 2 fully saturated rings. The SMILES string of the molecule is Cl.NC1CCC2CN(C(=O)Cc3ccc4c(c3)CCC4)CC12. The molecule has 4 rings (SSSR count). The molecule has 120 valence electrons. The molecule has 2 aliphatic carbocycles. The van der Waals surface area contributed by atoms with Crippen LogP contribution < -0.4 is 5.73 Å². The summed E-state index contributed by atoms with van der Waals surface area (Å²) >= 11 is 0. The maximum absolute atomic E-state index is 12.5. The molecule has 3 aliphatic rings. The minimum atomic E-state index is 0. The van der Waals surface area contributed by atoms with E-state index in [1.807, 2.05) is 0 Å². The topological polar surface area (TPSA) is 46.3 Å². The van der Waals surface area contributed by atoms with Gasteiger partial charge < -0.3 is 10.6 Å². The predicted molar refractivity (Wildman–Crippen MR) is 90.2 cm³/mol. The van der Waals surface area contributed by atoms with Gasteiger partial charge in [-0.05, 0) is 60.6 Å². The summed E-state index contributed by atoms with van der Waals surface area (Å²) in [5.74, 6) is 1.49. The Morgan fingerprint density at radius 1 is 1.18 bits per heavy atom. The van der Waals surface area contributed by atoms with Gasteiger partial charge in [0.1, 0.15) is 0 Å². The van der Waals surface area contributed by atoms with E-state index in [1.165, 1.54) is 42.4 Å². The predicted octanol–water partition coefficient (Wildman–Crippen LogP) is 2.34. The van der Waals surface area contributed by atoms with E-state index in [1.54, 1.807) is 0 Å². The molecule has 1 aliphatic heterocycles. The first-order valence-corrected chi connectivity index (χ1v) is 8.35. The maximum Gasteiger partial charge on any atom is 0.227 e. The fraction of sp³-hybridized carbons (Fsp3) is 0.611. The van der Waals surface area contributed by atoms with Crippen LogP contribution in [-0.4, -0.2) is 29.9 Å². The normalized spacial score (nSPS) is 29.1. The highest BCUT2D eigenvalue weighted by atomic mass is 35.5. The number of benzene rings is 1. The summed E-state index contributed by atoms with van der Waals surface area (Å²) in [4.78, 5) is 14.6. The van der Waals surface area contributed by atoms with Crippen molar-refractivity contribution in [2.75, 3.05) is 13.1 Å². The number of halogens is 1. The molecule has 22 heavy (non-hydrogen) atoms. The van der Waals surface area contributed by atoms with Crippen LogP contribution in [0.3, 0.4) is 0 Å². The standard InChI is InChI=1S/C18H24N2O.ClH/c19-17-7-6-15-10-20(11-16(15)17)18(21)9-12-4-5-13-2-1-3-14(13)8-12;/h4-5,8,15-17H,1-3,6-7,9-11,19H2;1H. The summed E-state index contributed by atoms with van der Waals surface area (Å²) in [6.45, 7) is 1.82. The Balaban J connectivity index is 0.00000144. The summed E-state index contributed by atoms with van der Waals surface area (Å²) in [6.07, 6.45) is 6.55. The third kappa shape index (κ3) is 2.77. The van der Waals surface area contributed by atoms with Crippen LogP contribution in [0.5, 0.6) is 0 Å². The van der Waals surface area contributed by atoms with Crippen LogP contribution in [0.15, 0.2) is 18.2 Å². The van der Waals surface area contributed by atoms with Gasteiger partial charge in [0.2, 0.25) is 5.91 Å². The maximum atomic E-state index is 12.5. The fourth-order valence-corrected chi connectivity index (χ4v) is 4.53. The van der Waals surface area contributed by atoms with Gasteiger partial charge in [0, 0.05) is 19.1 Å². The van der Waals surface area contributed by atoms with Crippen molar-refractivity contribution in [1.82, 2.24) is 4.90 Å². The molecule has 0 aromatic heterocycles. The third-order valence-electron chi connectivity index (χ3n) is 5.78. The minimum Gasteiger partial charge on any atom is -0.342 e. The van der Waals surface area contributed by atoms with Crippen LogP contribution in [-0.2, 0) is 24.1 Å². The van der Waals surface area contributed by atoms with Gasteiger partial charge in [-0.2, -0.15) is 0 Å². The van der Waals surface area contributed by atoms with E-state index in [0.717, 1.165) is 19.5 Å². The van der Waals surface area contributed by atoms with Crippen LogP contribution in [0.4, 0.5) is 0 Å². The summed E-state index contributed by atoms with van der Waals surface area (Å²) < 4.78 is 0. The molecule has 3 unspecified atom stereocenters. The third-order valence-corrected chi connectivity index (χ3v) is 5.78. The number of nitrogens with zero attached hydrogens (tertiary/aromatic N) is 1. The van der Waals surface area contributed by atoms with Crippen molar-refractivity contribution in [2.24, 2.45) is 17.6 Å². The quantitative estimate of drug-likeness (QED) is 0.909. The molecule has 1 saturated carbocycles. The zero-order valence-corrected chi connectivity index (χ0v) is 13.8. The van der Waals surface area contributed by atoms with Gasteiger partial charge in [-0.3, -0.25) is 4.79 Å². The molecule has 0 radical (unpaired) electrons. The Morgan fingerprint density at radius 2 is 2.00 bits per heavy atom. The first-order chi connectivity index (χ1) is 10.2. The average Bonchev–Trinajstić information content (AvgIpc) is 3.16. The van der Waals surface area contributed by atoms with Crippen molar-refractivity contribution in [1.29, 1.82) is 0 Å². The van der Waals surface area contributed by atoms with Gasteiger partial charge in [-0.15, -0.1) is 12.4 Å². The van der Waals surface area contributed by atoms with E-state index in [9.17, 15) is 4.79 Å².